The zero-order valence-electron chi connectivity index (χ0n) is 10.1. The standard InChI is InChI=1S/C11H15N2O4P/c1-2-8-5-9(6-10(8)17-18(14)15)16-11-7-12-3-4-13-11/h3-4,7-10H,2,5-6H2,1H3/p+1/t8-,9+,10-/m0/s1. The van der Waals surface area contributed by atoms with E-state index >= 15 is 0 Å². The molecule has 6 nitrogen and oxygen atoms in total. The second kappa shape index (κ2) is 6.18. The highest BCUT2D eigenvalue weighted by atomic mass is 31.1. The minimum atomic E-state index is -2.56. The molecule has 2 rings (SSSR count). The molecule has 0 aromatic carbocycles. The molecule has 1 aliphatic carbocycles. The normalized spacial score (nSPS) is 28.1. The van der Waals surface area contributed by atoms with Crippen LogP contribution in [0.1, 0.15) is 26.2 Å². The number of nitrogens with zero attached hydrogens (tertiary/aromatic N) is 2. The van der Waals surface area contributed by atoms with Crippen LogP contribution in [0.15, 0.2) is 18.6 Å². The van der Waals surface area contributed by atoms with Crippen LogP contribution in [0.2, 0.25) is 0 Å². The maximum atomic E-state index is 10.7. The van der Waals surface area contributed by atoms with E-state index in [-0.39, 0.29) is 18.1 Å². The maximum Gasteiger partial charge on any atom is 0.695 e. The summed E-state index contributed by atoms with van der Waals surface area (Å²) in [5.41, 5.74) is 0. The van der Waals surface area contributed by atoms with Crippen molar-refractivity contribution >= 4 is 8.25 Å². The Labute approximate surface area is 106 Å². The largest absolute Gasteiger partial charge is 0.695 e. The lowest BCUT2D eigenvalue weighted by atomic mass is 10.0. The van der Waals surface area contributed by atoms with Gasteiger partial charge in [-0.2, -0.15) is 0 Å². The van der Waals surface area contributed by atoms with Gasteiger partial charge >= 0.3 is 8.25 Å². The molecule has 0 amide bonds. The predicted octanol–water partition coefficient (Wildman–Crippen LogP) is 2.08. The fourth-order valence-corrected chi connectivity index (χ4v) is 2.81. The summed E-state index contributed by atoms with van der Waals surface area (Å²) in [7, 11) is -2.56. The lowest BCUT2D eigenvalue weighted by molar-refractivity contribution is 0.138. The molecule has 1 N–H and O–H groups in total. The van der Waals surface area contributed by atoms with E-state index in [1.807, 2.05) is 6.92 Å². The summed E-state index contributed by atoms with van der Waals surface area (Å²) in [6.45, 7) is 2.04. The van der Waals surface area contributed by atoms with E-state index in [2.05, 4.69) is 9.97 Å². The van der Waals surface area contributed by atoms with E-state index in [9.17, 15) is 4.57 Å². The zero-order chi connectivity index (χ0) is 13.0. The highest BCUT2D eigenvalue weighted by Crippen LogP contribution is 2.37. The van der Waals surface area contributed by atoms with Gasteiger partial charge in [0, 0.05) is 23.4 Å². The molecule has 1 aliphatic rings. The molecule has 18 heavy (non-hydrogen) atoms. The number of rotatable bonds is 5. The molecule has 1 unspecified atom stereocenters. The summed E-state index contributed by atoms with van der Waals surface area (Å²) in [5, 5.41) is 0. The van der Waals surface area contributed by atoms with Gasteiger partial charge in [0.25, 0.3) is 0 Å². The molecule has 4 atom stereocenters. The summed E-state index contributed by atoms with van der Waals surface area (Å²) >= 11 is 0. The van der Waals surface area contributed by atoms with E-state index in [0.29, 0.717) is 12.3 Å². The molecular formula is C11H16N2O4P+. The van der Waals surface area contributed by atoms with E-state index < -0.39 is 8.25 Å². The van der Waals surface area contributed by atoms with Crippen molar-refractivity contribution in [3.05, 3.63) is 18.6 Å². The molecule has 1 aromatic heterocycles. The average Bonchev–Trinajstić information content (AvgIpc) is 2.71. The van der Waals surface area contributed by atoms with Crippen LogP contribution in [0.3, 0.4) is 0 Å². The Bertz CT molecular complexity index is 403. The van der Waals surface area contributed by atoms with E-state index in [4.69, 9.17) is 14.2 Å². The summed E-state index contributed by atoms with van der Waals surface area (Å²) in [5.74, 6) is 0.726. The Morgan fingerprint density at radius 2 is 2.33 bits per heavy atom. The molecule has 0 spiro atoms. The second-order valence-corrected chi connectivity index (χ2v) is 4.99. The van der Waals surface area contributed by atoms with Gasteiger partial charge in [-0.1, -0.05) is 13.3 Å². The summed E-state index contributed by atoms with van der Waals surface area (Å²) in [6, 6.07) is 0. The van der Waals surface area contributed by atoms with E-state index in [1.54, 1.807) is 18.6 Å². The van der Waals surface area contributed by atoms with Crippen LogP contribution in [0, 0.1) is 5.92 Å². The Kier molecular flexibility index (Phi) is 4.58. The first-order valence-corrected chi connectivity index (χ1v) is 7.07. The fourth-order valence-electron chi connectivity index (χ4n) is 2.32. The monoisotopic (exact) mass is 271 g/mol. The molecule has 0 radical (unpaired) electrons. The quantitative estimate of drug-likeness (QED) is 0.826. The number of hydrogen-bond acceptors (Lipinski definition) is 5. The molecule has 0 bridgehead atoms. The van der Waals surface area contributed by atoms with Crippen molar-refractivity contribution < 1.29 is 18.7 Å². The third kappa shape index (κ3) is 3.45. The predicted molar refractivity (Wildman–Crippen MR) is 64.2 cm³/mol. The van der Waals surface area contributed by atoms with Crippen molar-refractivity contribution in [2.75, 3.05) is 0 Å². The molecule has 1 fully saturated rings. The van der Waals surface area contributed by atoms with E-state index in [1.165, 1.54) is 0 Å². The lowest BCUT2D eigenvalue weighted by Crippen LogP contribution is -2.15. The van der Waals surface area contributed by atoms with Crippen LogP contribution >= 0.6 is 8.25 Å². The van der Waals surface area contributed by atoms with Gasteiger partial charge in [-0.25, -0.2) is 4.98 Å². The molecular weight excluding hydrogens is 255 g/mol. The second-order valence-electron chi connectivity index (χ2n) is 4.30. The molecule has 98 valence electrons. The summed E-state index contributed by atoms with van der Waals surface area (Å²) in [4.78, 5) is 16.8. The minimum Gasteiger partial charge on any atom is -0.473 e. The summed E-state index contributed by atoms with van der Waals surface area (Å²) in [6.07, 6.45) is 6.77. The number of hydrogen-bond donors (Lipinski definition) is 1. The van der Waals surface area contributed by atoms with Gasteiger partial charge in [-0.05, 0) is 12.3 Å². The van der Waals surface area contributed by atoms with Gasteiger partial charge in [0.15, 0.2) is 0 Å². The van der Waals surface area contributed by atoms with Crippen molar-refractivity contribution in [3.8, 4) is 5.88 Å². The Hall–Kier alpha value is -1.10. The van der Waals surface area contributed by atoms with Gasteiger partial charge in [-0.3, -0.25) is 4.98 Å². The van der Waals surface area contributed by atoms with Gasteiger partial charge < -0.3 is 4.74 Å². The average molecular weight is 271 g/mol. The highest BCUT2D eigenvalue weighted by molar-refractivity contribution is 7.32. The smallest absolute Gasteiger partial charge is 0.473 e. The topological polar surface area (TPSA) is 81.5 Å². The van der Waals surface area contributed by atoms with Crippen LogP contribution in [0.25, 0.3) is 0 Å². The first-order chi connectivity index (χ1) is 8.69. The van der Waals surface area contributed by atoms with Crippen LogP contribution in [0.5, 0.6) is 5.88 Å². The van der Waals surface area contributed by atoms with Crippen LogP contribution in [0.4, 0.5) is 0 Å². The third-order valence-electron chi connectivity index (χ3n) is 3.16. The zero-order valence-corrected chi connectivity index (χ0v) is 11.0. The van der Waals surface area contributed by atoms with Crippen molar-refractivity contribution in [3.63, 3.8) is 0 Å². The minimum absolute atomic E-state index is 0.0356. The van der Waals surface area contributed by atoms with Crippen molar-refractivity contribution in [1.82, 2.24) is 9.97 Å². The van der Waals surface area contributed by atoms with Crippen LogP contribution in [-0.4, -0.2) is 27.1 Å². The van der Waals surface area contributed by atoms with Crippen molar-refractivity contribution in [1.29, 1.82) is 0 Å². The Morgan fingerprint density at radius 3 is 2.94 bits per heavy atom. The first-order valence-electron chi connectivity index (χ1n) is 5.94. The maximum absolute atomic E-state index is 10.7. The molecule has 1 heterocycles. The van der Waals surface area contributed by atoms with Gasteiger partial charge in [-0.15, -0.1) is 9.42 Å². The Morgan fingerprint density at radius 1 is 1.50 bits per heavy atom. The molecule has 0 saturated heterocycles. The van der Waals surface area contributed by atoms with Crippen molar-refractivity contribution in [2.24, 2.45) is 5.92 Å². The van der Waals surface area contributed by atoms with Crippen molar-refractivity contribution in [2.45, 2.75) is 38.4 Å². The Balaban J connectivity index is 1.94. The molecule has 7 heteroatoms. The van der Waals surface area contributed by atoms with Gasteiger partial charge in [0.1, 0.15) is 12.2 Å². The fraction of sp³-hybridized carbons (Fsp3) is 0.636. The van der Waals surface area contributed by atoms with Gasteiger partial charge in [0.05, 0.1) is 6.20 Å². The highest BCUT2D eigenvalue weighted by Gasteiger charge is 2.40. The van der Waals surface area contributed by atoms with Gasteiger partial charge in [0.2, 0.25) is 5.88 Å². The van der Waals surface area contributed by atoms with E-state index in [0.717, 1.165) is 12.8 Å². The number of ether oxygens (including phenoxy) is 1. The first kappa shape index (κ1) is 13.3. The van der Waals surface area contributed by atoms with Crippen LogP contribution < -0.4 is 4.74 Å². The van der Waals surface area contributed by atoms with Crippen LogP contribution in [-0.2, 0) is 9.09 Å². The molecule has 1 aromatic rings. The molecule has 1 saturated carbocycles. The third-order valence-corrected chi connectivity index (χ3v) is 3.61. The SMILES string of the molecule is CC[C@H]1C[C@@H](Oc2cnccn2)C[C@@H]1O[P+](=O)O. The lowest BCUT2D eigenvalue weighted by Gasteiger charge is -2.11. The molecule has 0 aliphatic heterocycles. The number of aromatic nitrogens is 2. The summed E-state index contributed by atoms with van der Waals surface area (Å²) < 4.78 is 21.5.